The van der Waals surface area contributed by atoms with Crippen molar-refractivity contribution >= 4 is 38.5 Å². The van der Waals surface area contributed by atoms with Gasteiger partial charge in [-0.15, -0.1) is 22.7 Å². The normalized spacial score (nSPS) is 13.0. The fourth-order valence-electron chi connectivity index (χ4n) is 6.35. The number of pyridine rings is 1. The van der Waals surface area contributed by atoms with Gasteiger partial charge in [-0.2, -0.15) is 0 Å². The van der Waals surface area contributed by atoms with Gasteiger partial charge in [-0.1, -0.05) is 151 Å². The molecule has 4 heteroatoms. The Morgan fingerprint density at radius 2 is 1.08 bits per heavy atom. The van der Waals surface area contributed by atoms with E-state index in [0.717, 1.165) is 24.4 Å². The van der Waals surface area contributed by atoms with E-state index in [1.54, 1.807) is 0 Å². The van der Waals surface area contributed by atoms with E-state index < -0.39 is 0 Å². The molecule has 0 aliphatic carbocycles. The number of aliphatic imine (C=N–C) groups is 1. The van der Waals surface area contributed by atoms with Crippen molar-refractivity contribution in [2.75, 3.05) is 6.54 Å². The van der Waals surface area contributed by atoms with Gasteiger partial charge in [0.15, 0.2) is 0 Å². The van der Waals surface area contributed by atoms with Crippen LogP contribution < -0.4 is 0 Å². The van der Waals surface area contributed by atoms with E-state index in [9.17, 15) is 0 Å². The Balaban J connectivity index is 0.000000157. The molecule has 0 radical (unpaired) electrons. The van der Waals surface area contributed by atoms with Gasteiger partial charge in [0.1, 0.15) is 0 Å². The number of benzene rings is 4. The summed E-state index contributed by atoms with van der Waals surface area (Å²) in [4.78, 5) is 13.6. The maximum Gasteiger partial charge on any atom is 0.0788 e. The second-order valence-electron chi connectivity index (χ2n) is 15.0. The van der Waals surface area contributed by atoms with Gasteiger partial charge in [0.2, 0.25) is 0 Å². The number of hydrogen-bond donors (Lipinski definition) is 0. The van der Waals surface area contributed by atoms with Crippen LogP contribution in [0.15, 0.2) is 139 Å². The highest BCUT2D eigenvalue weighted by Crippen LogP contribution is 2.38. The molecule has 0 saturated carbocycles. The lowest BCUT2D eigenvalue weighted by atomic mass is 9.86. The molecular formula is C46H44N2S2. The predicted octanol–water partition coefficient (Wildman–Crippen LogP) is 13.0. The molecule has 4 heterocycles. The summed E-state index contributed by atoms with van der Waals surface area (Å²) in [5.41, 5.74) is 11.6. The van der Waals surface area contributed by atoms with Crippen molar-refractivity contribution in [3.05, 3.63) is 161 Å². The summed E-state index contributed by atoms with van der Waals surface area (Å²) >= 11 is 3.74. The summed E-state index contributed by atoms with van der Waals surface area (Å²) in [5, 5.41) is 1.23. The summed E-state index contributed by atoms with van der Waals surface area (Å²) in [6.45, 7) is 14.4. The van der Waals surface area contributed by atoms with Crippen LogP contribution in [-0.2, 0) is 17.3 Å². The lowest BCUT2D eigenvalue weighted by Gasteiger charge is -2.20. The fourth-order valence-corrected chi connectivity index (χ4v) is 8.57. The highest BCUT2D eigenvalue weighted by molar-refractivity contribution is 7.22. The molecule has 1 aliphatic heterocycles. The number of rotatable bonds is 4. The number of nitrogens with zero attached hydrogens (tertiary/aromatic N) is 2. The van der Waals surface area contributed by atoms with Crippen LogP contribution in [0.4, 0.5) is 0 Å². The molecule has 8 rings (SSSR count). The van der Waals surface area contributed by atoms with Crippen LogP contribution in [0.25, 0.3) is 42.2 Å². The Morgan fingerprint density at radius 1 is 0.540 bits per heavy atom. The minimum absolute atomic E-state index is 0.167. The van der Waals surface area contributed by atoms with Crippen LogP contribution in [0, 0.1) is 0 Å². The first-order valence-corrected chi connectivity index (χ1v) is 19.1. The van der Waals surface area contributed by atoms with Gasteiger partial charge in [0.25, 0.3) is 0 Å². The Hall–Kier alpha value is -4.64. The third-order valence-electron chi connectivity index (χ3n) is 9.28. The maximum atomic E-state index is 4.86. The zero-order valence-electron chi connectivity index (χ0n) is 29.8. The zero-order valence-corrected chi connectivity index (χ0v) is 31.5. The average molecular weight is 689 g/mol. The zero-order chi connectivity index (χ0) is 34.9. The van der Waals surface area contributed by atoms with Gasteiger partial charge in [-0.25, -0.2) is 0 Å². The lowest BCUT2D eigenvalue weighted by Crippen LogP contribution is -2.14. The Morgan fingerprint density at radius 3 is 1.64 bits per heavy atom. The molecule has 7 aromatic rings. The van der Waals surface area contributed by atoms with Crippen LogP contribution in [0.3, 0.4) is 0 Å². The quantitative estimate of drug-likeness (QED) is 0.181. The van der Waals surface area contributed by atoms with Crippen molar-refractivity contribution in [2.24, 2.45) is 4.99 Å². The van der Waals surface area contributed by atoms with Gasteiger partial charge in [-0.3, -0.25) is 9.98 Å². The second kappa shape index (κ2) is 13.9. The maximum absolute atomic E-state index is 4.86. The molecule has 0 bridgehead atoms. The monoisotopic (exact) mass is 688 g/mol. The van der Waals surface area contributed by atoms with E-state index in [2.05, 4.69) is 174 Å². The van der Waals surface area contributed by atoms with Crippen molar-refractivity contribution in [2.45, 2.75) is 58.8 Å². The van der Waals surface area contributed by atoms with E-state index in [-0.39, 0.29) is 10.8 Å². The molecule has 50 heavy (non-hydrogen) atoms. The van der Waals surface area contributed by atoms with Gasteiger partial charge in [0.05, 0.1) is 11.4 Å². The minimum Gasteiger partial charge on any atom is -0.284 e. The first kappa shape index (κ1) is 33.8. The van der Waals surface area contributed by atoms with Crippen molar-refractivity contribution in [1.29, 1.82) is 0 Å². The standard InChI is InChI=1S/C23H23NS.C23H21NS/c2*1-23(2,3)18-11-9-17(10-12-18)22-19-15-21(16-7-5-4-6-8-16)25-20(19)13-14-24-22/h4-12,15H,13-14H2,1-3H3;4-15H,1-3H3. The van der Waals surface area contributed by atoms with Gasteiger partial charge >= 0.3 is 0 Å². The Bertz CT molecular complexity index is 2240. The van der Waals surface area contributed by atoms with Crippen molar-refractivity contribution in [3.8, 4) is 32.1 Å². The molecule has 0 amide bonds. The molecule has 0 spiro atoms. The number of thiophene rings is 2. The van der Waals surface area contributed by atoms with E-state index in [4.69, 9.17) is 4.99 Å². The highest BCUT2D eigenvalue weighted by Gasteiger charge is 2.21. The van der Waals surface area contributed by atoms with E-state index in [0.29, 0.717) is 0 Å². The Kier molecular flexibility index (Phi) is 9.43. The summed E-state index contributed by atoms with van der Waals surface area (Å²) in [6.07, 6.45) is 2.97. The SMILES string of the molecule is CC(C)(C)c1ccc(-c2nccc3sc(-c4ccccc4)cc23)cc1.CC(C)(C)c1ccc(C2=NCCc3sc(-c4ccccc4)cc32)cc1. The summed E-state index contributed by atoms with van der Waals surface area (Å²) in [6, 6.07) is 45.7. The molecule has 1 aliphatic rings. The first-order valence-electron chi connectivity index (χ1n) is 17.4. The van der Waals surface area contributed by atoms with Crippen LogP contribution >= 0.6 is 22.7 Å². The molecule has 0 N–H and O–H groups in total. The van der Waals surface area contributed by atoms with Gasteiger partial charge in [0, 0.05) is 60.6 Å². The summed E-state index contributed by atoms with van der Waals surface area (Å²) in [7, 11) is 0. The largest absolute Gasteiger partial charge is 0.284 e. The minimum atomic E-state index is 0.167. The molecule has 0 fully saturated rings. The highest BCUT2D eigenvalue weighted by atomic mass is 32.1. The fraction of sp³-hybridized carbons (Fsp3) is 0.217. The number of fused-ring (bicyclic) bond motifs is 2. The first-order chi connectivity index (χ1) is 24.0. The van der Waals surface area contributed by atoms with Crippen molar-refractivity contribution < 1.29 is 0 Å². The van der Waals surface area contributed by atoms with Crippen LogP contribution in [-0.4, -0.2) is 17.2 Å². The summed E-state index contributed by atoms with van der Waals surface area (Å²) < 4.78 is 1.28. The lowest BCUT2D eigenvalue weighted by molar-refractivity contribution is 0.590. The van der Waals surface area contributed by atoms with Crippen molar-refractivity contribution in [1.82, 2.24) is 4.98 Å². The molecule has 0 atom stereocenters. The van der Waals surface area contributed by atoms with Gasteiger partial charge in [-0.05, 0) is 51.3 Å². The topological polar surface area (TPSA) is 25.2 Å². The van der Waals surface area contributed by atoms with Gasteiger partial charge < -0.3 is 0 Å². The molecule has 0 saturated heterocycles. The van der Waals surface area contributed by atoms with E-state index in [1.807, 2.05) is 28.9 Å². The summed E-state index contributed by atoms with van der Waals surface area (Å²) in [5.74, 6) is 0. The van der Waals surface area contributed by atoms with E-state index in [1.165, 1.54) is 63.7 Å². The molecule has 2 nitrogen and oxygen atoms in total. The van der Waals surface area contributed by atoms with Crippen molar-refractivity contribution in [3.63, 3.8) is 0 Å². The number of hydrogen-bond acceptors (Lipinski definition) is 4. The number of aromatic nitrogens is 1. The third kappa shape index (κ3) is 7.28. The average Bonchev–Trinajstić information content (AvgIpc) is 3.77. The molecule has 250 valence electrons. The van der Waals surface area contributed by atoms with Crippen LogP contribution in [0.1, 0.15) is 68.7 Å². The Labute approximate surface area is 305 Å². The predicted molar refractivity (Wildman–Crippen MR) is 218 cm³/mol. The molecule has 3 aromatic heterocycles. The third-order valence-corrected chi connectivity index (χ3v) is 11.7. The molecular weight excluding hydrogens is 645 g/mol. The van der Waals surface area contributed by atoms with E-state index >= 15 is 0 Å². The smallest absolute Gasteiger partial charge is 0.0788 e. The van der Waals surface area contributed by atoms with Crippen LogP contribution in [0.2, 0.25) is 0 Å². The second-order valence-corrected chi connectivity index (χ2v) is 17.2. The molecule has 4 aromatic carbocycles. The molecule has 0 unspecified atom stereocenters. The van der Waals surface area contributed by atoms with Crippen LogP contribution in [0.5, 0.6) is 0 Å².